The molecule has 1 aliphatic rings. The number of nitrogens with zero attached hydrogens (tertiary/aromatic N) is 2. The van der Waals surface area contributed by atoms with E-state index in [-0.39, 0.29) is 11.8 Å². The summed E-state index contributed by atoms with van der Waals surface area (Å²) in [6.07, 6.45) is 0.707. The lowest BCUT2D eigenvalue weighted by Gasteiger charge is -2.22. The van der Waals surface area contributed by atoms with E-state index in [1.54, 1.807) is 11.3 Å². The number of hydrogen-bond acceptors (Lipinski definition) is 6. The first-order chi connectivity index (χ1) is 9.78. The molecule has 1 aromatic heterocycles. The van der Waals surface area contributed by atoms with Crippen molar-refractivity contribution in [3.63, 3.8) is 0 Å². The lowest BCUT2D eigenvalue weighted by Crippen LogP contribution is -2.32. The zero-order chi connectivity index (χ0) is 15.6. The fourth-order valence-electron chi connectivity index (χ4n) is 2.44. The average Bonchev–Trinajstić information content (AvgIpc) is 2.92. The van der Waals surface area contributed by atoms with Crippen LogP contribution in [0.15, 0.2) is 0 Å². The van der Waals surface area contributed by atoms with Crippen molar-refractivity contribution in [3.8, 4) is 0 Å². The van der Waals surface area contributed by atoms with Gasteiger partial charge in [0.2, 0.25) is 0 Å². The molecule has 1 aromatic rings. The highest BCUT2D eigenvalue weighted by Gasteiger charge is 2.32. The number of thiazole rings is 1. The van der Waals surface area contributed by atoms with Crippen LogP contribution in [0, 0.1) is 12.8 Å². The first kappa shape index (κ1) is 16.7. The summed E-state index contributed by atoms with van der Waals surface area (Å²) in [6, 6.07) is 0.0667. The van der Waals surface area contributed by atoms with Gasteiger partial charge in [0.15, 0.2) is 15.0 Å². The van der Waals surface area contributed by atoms with E-state index < -0.39 is 9.84 Å². The van der Waals surface area contributed by atoms with Crippen molar-refractivity contribution in [1.82, 2.24) is 10.3 Å². The highest BCUT2D eigenvalue weighted by atomic mass is 32.2. The van der Waals surface area contributed by atoms with Gasteiger partial charge in [-0.1, -0.05) is 13.8 Å². The maximum absolute atomic E-state index is 11.6. The van der Waals surface area contributed by atoms with Crippen LogP contribution in [0.4, 0.5) is 5.13 Å². The van der Waals surface area contributed by atoms with E-state index in [2.05, 4.69) is 24.1 Å². The van der Waals surface area contributed by atoms with Crippen molar-refractivity contribution in [2.45, 2.75) is 39.8 Å². The highest BCUT2D eigenvalue weighted by Crippen LogP contribution is 2.29. The second-order valence-electron chi connectivity index (χ2n) is 6.20. The van der Waals surface area contributed by atoms with Crippen molar-refractivity contribution in [1.29, 1.82) is 0 Å². The van der Waals surface area contributed by atoms with Crippen LogP contribution in [0.3, 0.4) is 0 Å². The molecule has 0 bridgehead atoms. The van der Waals surface area contributed by atoms with E-state index in [4.69, 9.17) is 0 Å². The molecule has 1 N–H and O–H groups in total. The van der Waals surface area contributed by atoms with Crippen LogP contribution in [0.5, 0.6) is 0 Å². The quantitative estimate of drug-likeness (QED) is 0.861. The van der Waals surface area contributed by atoms with Gasteiger partial charge >= 0.3 is 0 Å². The number of aromatic nitrogens is 1. The minimum Gasteiger partial charge on any atom is -0.347 e. The van der Waals surface area contributed by atoms with Gasteiger partial charge in [-0.2, -0.15) is 0 Å². The van der Waals surface area contributed by atoms with Crippen molar-refractivity contribution in [2.75, 3.05) is 30.0 Å². The second-order valence-corrected chi connectivity index (χ2v) is 9.49. The molecular formula is C14H25N3O2S2. The second kappa shape index (κ2) is 6.62. The Kier molecular flexibility index (Phi) is 5.27. The van der Waals surface area contributed by atoms with Crippen molar-refractivity contribution < 1.29 is 8.42 Å². The van der Waals surface area contributed by atoms with Crippen LogP contribution in [-0.2, 0) is 16.4 Å². The van der Waals surface area contributed by atoms with Gasteiger partial charge in [-0.15, -0.1) is 11.3 Å². The minimum atomic E-state index is -2.85. The topological polar surface area (TPSA) is 62.3 Å². The van der Waals surface area contributed by atoms with Crippen LogP contribution in [-0.4, -0.2) is 44.5 Å². The molecule has 1 saturated heterocycles. The Morgan fingerprint density at radius 2 is 2.19 bits per heavy atom. The summed E-state index contributed by atoms with van der Waals surface area (Å²) in [5, 5.41) is 4.36. The lowest BCUT2D eigenvalue weighted by molar-refractivity contribution is 0.554. The predicted octanol–water partition coefficient (Wildman–Crippen LogP) is 1.82. The maximum atomic E-state index is 11.6. The Hall–Kier alpha value is -0.660. The summed E-state index contributed by atoms with van der Waals surface area (Å²) in [7, 11) is -0.899. The van der Waals surface area contributed by atoms with E-state index in [1.165, 1.54) is 4.88 Å². The first-order valence-electron chi connectivity index (χ1n) is 7.39. The molecule has 0 aromatic carbocycles. The van der Waals surface area contributed by atoms with E-state index in [1.807, 2.05) is 18.9 Å². The molecule has 0 saturated carbocycles. The Morgan fingerprint density at radius 1 is 1.48 bits per heavy atom. The third-order valence-electron chi connectivity index (χ3n) is 3.78. The summed E-state index contributed by atoms with van der Waals surface area (Å²) >= 11 is 1.66. The van der Waals surface area contributed by atoms with Crippen LogP contribution >= 0.6 is 11.3 Å². The van der Waals surface area contributed by atoms with E-state index in [9.17, 15) is 8.42 Å². The average molecular weight is 332 g/mol. The van der Waals surface area contributed by atoms with E-state index in [0.29, 0.717) is 18.1 Å². The molecular weight excluding hydrogens is 306 g/mol. The zero-order valence-corrected chi connectivity index (χ0v) is 14.9. The highest BCUT2D eigenvalue weighted by molar-refractivity contribution is 7.91. The molecule has 0 aliphatic carbocycles. The molecule has 1 aliphatic heterocycles. The number of rotatable bonds is 6. The third-order valence-corrected chi connectivity index (χ3v) is 6.78. The lowest BCUT2D eigenvalue weighted by atomic mass is 10.2. The minimum absolute atomic E-state index is 0.0667. The fraction of sp³-hybridized carbons (Fsp3) is 0.786. The number of aryl methyl sites for hydroxylation is 1. The number of hydrogen-bond donors (Lipinski definition) is 1. The standard InChI is InChI=1S/C14H25N3O2S2/c1-10(2)7-15-8-13-11(3)16-14(20-13)17(4)12-5-6-21(18,19)9-12/h10,12,15H,5-9H2,1-4H3. The monoisotopic (exact) mass is 331 g/mol. The molecule has 120 valence electrons. The molecule has 0 amide bonds. The van der Waals surface area contributed by atoms with Gasteiger partial charge in [-0.25, -0.2) is 13.4 Å². The number of sulfone groups is 1. The molecule has 2 heterocycles. The fourth-order valence-corrected chi connectivity index (χ4v) is 5.28. The van der Waals surface area contributed by atoms with Gasteiger partial charge in [0.1, 0.15) is 0 Å². The number of nitrogens with one attached hydrogen (secondary N) is 1. The van der Waals surface area contributed by atoms with E-state index in [0.717, 1.165) is 23.9 Å². The van der Waals surface area contributed by atoms with Crippen LogP contribution in [0.1, 0.15) is 30.8 Å². The van der Waals surface area contributed by atoms with Crippen molar-refractivity contribution in [2.24, 2.45) is 5.92 Å². The number of anilines is 1. The van der Waals surface area contributed by atoms with Crippen LogP contribution in [0.25, 0.3) is 0 Å². The van der Waals surface area contributed by atoms with Gasteiger partial charge in [0, 0.05) is 24.5 Å². The van der Waals surface area contributed by atoms with Crippen molar-refractivity contribution >= 4 is 26.3 Å². The molecule has 0 spiro atoms. The van der Waals surface area contributed by atoms with E-state index >= 15 is 0 Å². The smallest absolute Gasteiger partial charge is 0.185 e. The molecule has 1 fully saturated rings. The zero-order valence-electron chi connectivity index (χ0n) is 13.2. The van der Waals surface area contributed by atoms with Gasteiger partial charge in [0.05, 0.1) is 17.2 Å². The molecule has 7 heteroatoms. The van der Waals surface area contributed by atoms with Crippen molar-refractivity contribution in [3.05, 3.63) is 10.6 Å². The summed E-state index contributed by atoms with van der Waals surface area (Å²) in [6.45, 7) is 8.21. The Bertz CT molecular complexity index is 581. The van der Waals surface area contributed by atoms with Gasteiger partial charge < -0.3 is 10.2 Å². The summed E-state index contributed by atoms with van der Waals surface area (Å²) in [4.78, 5) is 7.88. The Morgan fingerprint density at radius 3 is 2.76 bits per heavy atom. The largest absolute Gasteiger partial charge is 0.347 e. The Labute approximate surface area is 131 Å². The van der Waals surface area contributed by atoms with Gasteiger partial charge in [-0.05, 0) is 25.8 Å². The summed E-state index contributed by atoms with van der Waals surface area (Å²) in [5.41, 5.74) is 1.04. The van der Waals surface area contributed by atoms with Crippen LogP contribution in [0.2, 0.25) is 0 Å². The maximum Gasteiger partial charge on any atom is 0.185 e. The molecule has 1 unspecified atom stereocenters. The van der Waals surface area contributed by atoms with Crippen LogP contribution < -0.4 is 10.2 Å². The predicted molar refractivity (Wildman–Crippen MR) is 88.9 cm³/mol. The SMILES string of the molecule is Cc1nc(N(C)C2CCS(=O)(=O)C2)sc1CNCC(C)C. The van der Waals surface area contributed by atoms with Gasteiger partial charge in [-0.3, -0.25) is 0 Å². The summed E-state index contributed by atoms with van der Waals surface area (Å²) in [5.74, 6) is 1.18. The first-order valence-corrected chi connectivity index (χ1v) is 10.0. The third kappa shape index (κ3) is 4.40. The van der Waals surface area contributed by atoms with Gasteiger partial charge in [0.25, 0.3) is 0 Å². The Balaban J connectivity index is 2.01. The normalized spacial score (nSPS) is 21.1. The molecule has 0 radical (unpaired) electrons. The molecule has 5 nitrogen and oxygen atoms in total. The summed E-state index contributed by atoms with van der Waals surface area (Å²) < 4.78 is 23.2. The molecule has 1 atom stereocenters. The molecule has 2 rings (SSSR count). The molecule has 21 heavy (non-hydrogen) atoms.